The SMILES string of the molecule is COc1ccc(P(S)P(S)c2ccc(OC)cc2)cc1. The molecule has 6 heteroatoms. The van der Waals surface area contributed by atoms with Crippen LogP contribution in [0.25, 0.3) is 0 Å². The molecule has 0 saturated carbocycles. The summed E-state index contributed by atoms with van der Waals surface area (Å²) in [4.78, 5) is 0. The summed E-state index contributed by atoms with van der Waals surface area (Å²) in [5.74, 6) is 1.72. The second-order valence-corrected chi connectivity index (χ2v) is 12.9. The van der Waals surface area contributed by atoms with Crippen LogP contribution in [0.2, 0.25) is 0 Å². The van der Waals surface area contributed by atoms with Crippen molar-refractivity contribution >= 4 is 48.7 Å². The van der Waals surface area contributed by atoms with Crippen LogP contribution < -0.4 is 20.1 Å². The Morgan fingerprint density at radius 1 is 0.650 bits per heavy atom. The smallest absolute Gasteiger partial charge is 0.118 e. The third-order valence-electron chi connectivity index (χ3n) is 2.79. The van der Waals surface area contributed by atoms with Gasteiger partial charge in [-0.2, -0.15) is 0 Å². The Morgan fingerprint density at radius 2 is 0.950 bits per heavy atom. The minimum absolute atomic E-state index is 0.617. The maximum atomic E-state index is 5.17. The molecule has 0 amide bonds. The van der Waals surface area contributed by atoms with Crippen molar-refractivity contribution in [2.24, 2.45) is 0 Å². The summed E-state index contributed by atoms with van der Waals surface area (Å²) >= 11 is 9.57. The van der Waals surface area contributed by atoms with Gasteiger partial charge in [-0.15, -0.1) is 24.5 Å². The first-order valence-electron chi connectivity index (χ1n) is 5.91. The van der Waals surface area contributed by atoms with E-state index in [-0.39, 0.29) is 0 Å². The van der Waals surface area contributed by atoms with Gasteiger partial charge in [0.2, 0.25) is 0 Å². The zero-order valence-electron chi connectivity index (χ0n) is 11.2. The molecule has 2 aromatic carbocycles. The Morgan fingerprint density at radius 3 is 1.20 bits per heavy atom. The van der Waals surface area contributed by atoms with Crippen LogP contribution in [0.4, 0.5) is 0 Å². The first kappa shape index (κ1) is 16.0. The van der Waals surface area contributed by atoms with Gasteiger partial charge in [-0.05, 0) is 59.1 Å². The normalized spacial score (nSPS) is 13.6. The van der Waals surface area contributed by atoms with Crippen molar-refractivity contribution in [3.8, 4) is 11.5 Å². The lowest BCUT2D eigenvalue weighted by Crippen LogP contribution is -2.01. The molecule has 20 heavy (non-hydrogen) atoms. The van der Waals surface area contributed by atoms with Crippen molar-refractivity contribution in [1.29, 1.82) is 0 Å². The van der Waals surface area contributed by atoms with Gasteiger partial charge in [0.15, 0.2) is 0 Å². The fourth-order valence-corrected chi connectivity index (χ4v) is 7.69. The third kappa shape index (κ3) is 3.83. The molecule has 0 saturated heterocycles. The van der Waals surface area contributed by atoms with Crippen molar-refractivity contribution in [2.45, 2.75) is 0 Å². The molecule has 0 spiro atoms. The minimum Gasteiger partial charge on any atom is -0.497 e. The molecular weight excluding hydrogens is 326 g/mol. The second kappa shape index (κ2) is 7.56. The van der Waals surface area contributed by atoms with Crippen molar-refractivity contribution in [1.82, 2.24) is 0 Å². The predicted octanol–water partition coefficient (Wildman–Crippen LogP) is 4.22. The maximum Gasteiger partial charge on any atom is 0.118 e. The van der Waals surface area contributed by atoms with E-state index < -0.39 is 13.6 Å². The molecule has 0 aromatic heterocycles. The van der Waals surface area contributed by atoms with Gasteiger partial charge in [0.1, 0.15) is 11.5 Å². The summed E-state index contributed by atoms with van der Waals surface area (Å²) in [7, 11) is 3.34. The Bertz CT molecular complexity index is 495. The van der Waals surface area contributed by atoms with Crippen LogP contribution in [0.15, 0.2) is 48.5 Å². The van der Waals surface area contributed by atoms with Gasteiger partial charge < -0.3 is 9.47 Å². The van der Waals surface area contributed by atoms with Crippen molar-refractivity contribution in [3.05, 3.63) is 48.5 Å². The average molecular weight is 342 g/mol. The molecule has 2 unspecified atom stereocenters. The largest absolute Gasteiger partial charge is 0.497 e. The molecule has 0 aliphatic carbocycles. The fourth-order valence-electron chi connectivity index (χ4n) is 1.65. The molecule has 0 fully saturated rings. The summed E-state index contributed by atoms with van der Waals surface area (Å²) < 4.78 is 10.3. The molecule has 0 N–H and O–H groups in total. The lowest BCUT2D eigenvalue weighted by atomic mass is 10.3. The highest BCUT2D eigenvalue weighted by molar-refractivity contribution is 8.90. The number of methoxy groups -OCH3 is 2. The van der Waals surface area contributed by atoms with Crippen LogP contribution in [0.1, 0.15) is 0 Å². The zero-order chi connectivity index (χ0) is 14.5. The summed E-state index contributed by atoms with van der Waals surface area (Å²) in [6, 6.07) is 16.1. The van der Waals surface area contributed by atoms with Gasteiger partial charge in [-0.3, -0.25) is 0 Å². The first-order chi connectivity index (χ1) is 9.65. The molecule has 0 radical (unpaired) electrons. The van der Waals surface area contributed by atoms with Gasteiger partial charge in [0.05, 0.1) is 14.2 Å². The van der Waals surface area contributed by atoms with Gasteiger partial charge in [0, 0.05) is 13.6 Å². The van der Waals surface area contributed by atoms with E-state index in [4.69, 9.17) is 34.0 Å². The monoisotopic (exact) mass is 342 g/mol. The van der Waals surface area contributed by atoms with E-state index in [1.54, 1.807) is 14.2 Å². The van der Waals surface area contributed by atoms with Gasteiger partial charge >= 0.3 is 0 Å². The molecule has 2 rings (SSSR count). The van der Waals surface area contributed by atoms with Crippen LogP contribution in [0, 0.1) is 0 Å². The zero-order valence-corrected chi connectivity index (χ0v) is 14.8. The van der Waals surface area contributed by atoms with Crippen LogP contribution in [0.3, 0.4) is 0 Å². The van der Waals surface area contributed by atoms with Gasteiger partial charge in [-0.25, -0.2) is 0 Å². The number of benzene rings is 2. The first-order valence-corrected chi connectivity index (χ1v) is 11.6. The number of rotatable bonds is 5. The number of ether oxygens (including phenoxy) is 2. The van der Waals surface area contributed by atoms with Crippen molar-refractivity contribution in [3.63, 3.8) is 0 Å². The second-order valence-electron chi connectivity index (χ2n) is 3.97. The van der Waals surface area contributed by atoms with Crippen LogP contribution >= 0.6 is 38.1 Å². The maximum absolute atomic E-state index is 5.17. The Labute approximate surface area is 132 Å². The molecule has 106 valence electrons. The summed E-state index contributed by atoms with van der Waals surface area (Å²) in [5.41, 5.74) is 0. The Balaban J connectivity index is 2.15. The Kier molecular flexibility index (Phi) is 6.04. The number of hydrogen-bond donors (Lipinski definition) is 2. The lowest BCUT2D eigenvalue weighted by molar-refractivity contribution is 0.415. The van der Waals surface area contributed by atoms with Crippen LogP contribution in [-0.2, 0) is 0 Å². The van der Waals surface area contributed by atoms with E-state index in [0.717, 1.165) is 11.5 Å². The van der Waals surface area contributed by atoms with Gasteiger partial charge in [0.25, 0.3) is 0 Å². The predicted molar refractivity (Wildman–Crippen MR) is 97.1 cm³/mol. The molecular formula is C14H16O2P2S2. The summed E-state index contributed by atoms with van der Waals surface area (Å²) in [5, 5.41) is 2.42. The highest BCUT2D eigenvalue weighted by Gasteiger charge is 2.18. The molecule has 0 aliphatic heterocycles. The molecule has 2 atom stereocenters. The van der Waals surface area contributed by atoms with Crippen LogP contribution in [0.5, 0.6) is 11.5 Å². The average Bonchev–Trinajstić information content (AvgIpc) is 2.53. The quantitative estimate of drug-likeness (QED) is 0.626. The van der Waals surface area contributed by atoms with E-state index in [1.807, 2.05) is 24.3 Å². The van der Waals surface area contributed by atoms with Crippen LogP contribution in [-0.4, -0.2) is 14.2 Å². The topological polar surface area (TPSA) is 18.5 Å². The minimum atomic E-state index is -0.617. The molecule has 2 aromatic rings. The third-order valence-corrected chi connectivity index (χ3v) is 13.0. The highest BCUT2D eigenvalue weighted by atomic mass is 33.0. The molecule has 2 nitrogen and oxygen atoms in total. The van der Waals surface area contributed by atoms with E-state index >= 15 is 0 Å². The summed E-state index contributed by atoms with van der Waals surface area (Å²) in [6.07, 6.45) is 0. The van der Waals surface area contributed by atoms with Crippen molar-refractivity contribution in [2.75, 3.05) is 14.2 Å². The van der Waals surface area contributed by atoms with E-state index in [0.29, 0.717) is 0 Å². The van der Waals surface area contributed by atoms with E-state index in [9.17, 15) is 0 Å². The number of hydrogen-bond acceptors (Lipinski definition) is 4. The number of thiol groups is 2. The molecule has 0 aliphatic rings. The fraction of sp³-hybridized carbons (Fsp3) is 0.143. The lowest BCUT2D eigenvalue weighted by Gasteiger charge is -2.19. The van der Waals surface area contributed by atoms with E-state index in [1.165, 1.54) is 10.6 Å². The molecule has 0 bridgehead atoms. The molecule has 0 heterocycles. The van der Waals surface area contributed by atoms with Crippen molar-refractivity contribution < 1.29 is 9.47 Å². The summed E-state index contributed by atoms with van der Waals surface area (Å²) in [6.45, 7) is -1.23. The Hall–Kier alpha value is -0.400. The van der Waals surface area contributed by atoms with Gasteiger partial charge in [-0.1, -0.05) is 0 Å². The standard InChI is InChI=1S/C14H16O2P2S2/c1-15-11-3-7-13(8-4-11)17(19)18(20)14-9-5-12(16-2)6-10-14/h3-10,19-20H,1-2H3. The highest BCUT2D eigenvalue weighted by Crippen LogP contribution is 2.72. The van der Waals surface area contributed by atoms with E-state index in [2.05, 4.69) is 24.3 Å².